The molecule has 0 bridgehead atoms. The monoisotopic (exact) mass is 318 g/mol. The summed E-state index contributed by atoms with van der Waals surface area (Å²) in [6.45, 7) is 0. The van der Waals surface area contributed by atoms with E-state index in [0.717, 1.165) is 0 Å². The number of halogens is 4. The summed E-state index contributed by atoms with van der Waals surface area (Å²) in [6.07, 6.45) is -6.00. The topological polar surface area (TPSA) is 60.4 Å². The molecule has 1 aliphatic heterocycles. The lowest BCUT2D eigenvalue weighted by Gasteiger charge is -2.40. The number of esters is 1. The van der Waals surface area contributed by atoms with Gasteiger partial charge in [0.15, 0.2) is 0 Å². The molecule has 1 spiro atoms. The lowest BCUT2D eigenvalue weighted by atomic mass is 9.66. The van der Waals surface area contributed by atoms with Crippen LogP contribution in [0.2, 0.25) is 0 Å². The Morgan fingerprint density at radius 3 is 2.55 bits per heavy atom. The molecule has 0 aromatic carbocycles. The molecule has 0 amide bonds. The quantitative estimate of drug-likeness (QED) is 0.445. The highest BCUT2D eigenvalue weighted by molar-refractivity contribution is 7.86. The Kier molecular flexibility index (Phi) is 3.77. The fraction of sp³-hybridized carbons (Fsp3) is 0.909. The largest absolute Gasteiger partial charge is 0.461 e. The fourth-order valence-corrected chi connectivity index (χ4v) is 4.03. The summed E-state index contributed by atoms with van der Waals surface area (Å²) in [5, 5.41) is 0. The van der Waals surface area contributed by atoms with Gasteiger partial charge in [-0.2, -0.15) is 21.6 Å². The lowest BCUT2D eigenvalue weighted by Crippen LogP contribution is -2.42. The van der Waals surface area contributed by atoms with Crippen molar-refractivity contribution in [1.82, 2.24) is 0 Å². The van der Waals surface area contributed by atoms with Crippen molar-refractivity contribution in [3.05, 3.63) is 0 Å². The van der Waals surface area contributed by atoms with Gasteiger partial charge >= 0.3 is 22.4 Å². The van der Waals surface area contributed by atoms with Crippen molar-refractivity contribution in [2.75, 3.05) is 5.75 Å². The van der Waals surface area contributed by atoms with Gasteiger partial charge in [0.25, 0.3) is 0 Å². The van der Waals surface area contributed by atoms with Gasteiger partial charge < -0.3 is 4.74 Å². The summed E-state index contributed by atoms with van der Waals surface area (Å²) in [5.41, 5.74) is -1.21. The van der Waals surface area contributed by atoms with Crippen molar-refractivity contribution in [1.29, 1.82) is 0 Å². The lowest BCUT2D eigenvalue weighted by molar-refractivity contribution is -0.194. The van der Waals surface area contributed by atoms with Crippen molar-refractivity contribution in [2.45, 2.75) is 44.4 Å². The SMILES string of the molecule is O=C1CC2(CCCC(C(F)(F)F)C2)C(CS(=O)(=O)F)O1. The van der Waals surface area contributed by atoms with E-state index in [0.29, 0.717) is 0 Å². The van der Waals surface area contributed by atoms with E-state index in [1.165, 1.54) is 0 Å². The van der Waals surface area contributed by atoms with Crippen molar-refractivity contribution < 1.29 is 35.0 Å². The van der Waals surface area contributed by atoms with E-state index < -0.39 is 45.6 Å². The summed E-state index contributed by atoms with van der Waals surface area (Å²) >= 11 is 0. The third-order valence-corrected chi connectivity index (χ3v) is 4.85. The van der Waals surface area contributed by atoms with Gasteiger partial charge in [0.05, 0.1) is 12.3 Å². The van der Waals surface area contributed by atoms with Gasteiger partial charge in [-0.3, -0.25) is 4.79 Å². The molecular weight excluding hydrogens is 304 g/mol. The van der Waals surface area contributed by atoms with Crippen molar-refractivity contribution in [3.63, 3.8) is 0 Å². The molecule has 9 heteroatoms. The van der Waals surface area contributed by atoms with Crippen LogP contribution in [0, 0.1) is 11.3 Å². The van der Waals surface area contributed by atoms with E-state index in [4.69, 9.17) is 4.74 Å². The number of rotatable bonds is 2. The summed E-state index contributed by atoms with van der Waals surface area (Å²) in [7, 11) is -4.92. The zero-order valence-electron chi connectivity index (χ0n) is 10.5. The minimum atomic E-state index is -4.92. The Morgan fingerprint density at radius 1 is 1.35 bits per heavy atom. The highest BCUT2D eigenvalue weighted by Crippen LogP contribution is 2.53. The molecular formula is C11H14F4O4S. The number of hydrogen-bond donors (Lipinski definition) is 0. The zero-order chi connectivity index (χ0) is 15.2. The first-order chi connectivity index (χ1) is 9.02. The Hall–Kier alpha value is -0.860. The Morgan fingerprint density at radius 2 is 2.00 bits per heavy atom. The van der Waals surface area contributed by atoms with Crippen LogP contribution in [0.1, 0.15) is 32.1 Å². The highest BCUT2D eigenvalue weighted by atomic mass is 32.3. The molecule has 3 atom stereocenters. The molecule has 2 fully saturated rings. The molecule has 2 aliphatic rings. The second-order valence-corrected chi connectivity index (χ2v) is 6.97. The minimum Gasteiger partial charge on any atom is -0.461 e. The van der Waals surface area contributed by atoms with E-state index in [9.17, 15) is 30.3 Å². The average molecular weight is 318 g/mol. The standard InChI is InChI=1S/C11H14F4O4S/c12-11(13,14)7-2-1-3-10(4-7)5-9(16)19-8(10)6-20(15,17)18/h7-8H,1-6H2. The molecule has 0 radical (unpaired) electrons. The Bertz CT molecular complexity index is 501. The molecule has 1 heterocycles. The van der Waals surface area contributed by atoms with Crippen LogP contribution in [0.25, 0.3) is 0 Å². The summed E-state index contributed by atoms with van der Waals surface area (Å²) < 4.78 is 77.5. The van der Waals surface area contributed by atoms with Gasteiger partial charge in [-0.05, 0) is 19.3 Å². The predicted octanol–water partition coefficient (Wildman–Crippen LogP) is 2.34. The van der Waals surface area contributed by atoms with Gasteiger partial charge in [-0.1, -0.05) is 6.42 Å². The van der Waals surface area contributed by atoms with Crippen LogP contribution in [0.3, 0.4) is 0 Å². The van der Waals surface area contributed by atoms with Crippen molar-refractivity contribution >= 4 is 16.2 Å². The van der Waals surface area contributed by atoms with Crippen LogP contribution in [0.15, 0.2) is 0 Å². The number of cyclic esters (lactones) is 1. The number of ether oxygens (including phenoxy) is 1. The third kappa shape index (κ3) is 3.24. The van der Waals surface area contributed by atoms with Crippen molar-refractivity contribution in [2.24, 2.45) is 11.3 Å². The molecule has 1 saturated heterocycles. The number of hydrogen-bond acceptors (Lipinski definition) is 4. The number of carbonyl (C=O) groups excluding carboxylic acids is 1. The van der Waals surface area contributed by atoms with Crippen LogP contribution in [0.5, 0.6) is 0 Å². The van der Waals surface area contributed by atoms with Gasteiger partial charge in [0, 0.05) is 5.41 Å². The van der Waals surface area contributed by atoms with Crippen LogP contribution in [0.4, 0.5) is 17.1 Å². The first-order valence-electron chi connectivity index (χ1n) is 6.20. The predicted molar refractivity (Wildman–Crippen MR) is 59.8 cm³/mol. The van der Waals surface area contributed by atoms with Gasteiger partial charge in [-0.15, -0.1) is 3.89 Å². The van der Waals surface area contributed by atoms with E-state index in [1.54, 1.807) is 0 Å². The second-order valence-electron chi connectivity index (χ2n) is 5.56. The minimum absolute atomic E-state index is 0.0610. The number of alkyl halides is 3. The summed E-state index contributed by atoms with van der Waals surface area (Å²) in [4.78, 5) is 11.3. The summed E-state index contributed by atoms with van der Waals surface area (Å²) in [6, 6.07) is 0. The van der Waals surface area contributed by atoms with E-state index >= 15 is 0 Å². The molecule has 1 aliphatic carbocycles. The maximum absolute atomic E-state index is 12.8. The Balaban J connectivity index is 2.24. The molecule has 20 heavy (non-hydrogen) atoms. The number of carbonyl (C=O) groups is 1. The first-order valence-corrected chi connectivity index (χ1v) is 7.76. The zero-order valence-corrected chi connectivity index (χ0v) is 11.3. The van der Waals surface area contributed by atoms with E-state index in [-0.39, 0.29) is 32.1 Å². The Labute approximate surface area is 113 Å². The van der Waals surface area contributed by atoms with Crippen LogP contribution >= 0.6 is 0 Å². The maximum atomic E-state index is 12.8. The highest BCUT2D eigenvalue weighted by Gasteiger charge is 2.56. The van der Waals surface area contributed by atoms with E-state index in [1.807, 2.05) is 0 Å². The van der Waals surface area contributed by atoms with Gasteiger partial charge in [0.2, 0.25) is 0 Å². The second kappa shape index (κ2) is 4.85. The molecule has 0 aromatic rings. The maximum Gasteiger partial charge on any atom is 0.391 e. The van der Waals surface area contributed by atoms with E-state index in [2.05, 4.69) is 0 Å². The van der Waals surface area contributed by atoms with Crippen LogP contribution < -0.4 is 0 Å². The molecule has 2 rings (SSSR count). The van der Waals surface area contributed by atoms with Gasteiger partial charge in [0.1, 0.15) is 11.9 Å². The molecule has 0 N–H and O–H groups in total. The smallest absolute Gasteiger partial charge is 0.391 e. The summed E-state index contributed by atoms with van der Waals surface area (Å²) in [5.74, 6) is -3.43. The van der Waals surface area contributed by atoms with Crippen molar-refractivity contribution in [3.8, 4) is 0 Å². The normalized spacial score (nSPS) is 35.3. The third-order valence-electron chi connectivity index (χ3n) is 4.15. The van der Waals surface area contributed by atoms with Gasteiger partial charge in [-0.25, -0.2) is 0 Å². The van der Waals surface area contributed by atoms with Crippen LogP contribution in [-0.4, -0.2) is 32.4 Å². The molecule has 1 saturated carbocycles. The molecule has 116 valence electrons. The first kappa shape index (κ1) is 15.5. The fourth-order valence-electron chi connectivity index (χ4n) is 3.25. The average Bonchev–Trinajstić information content (AvgIpc) is 2.51. The molecule has 0 aromatic heterocycles. The molecule has 3 unspecified atom stereocenters. The molecule has 4 nitrogen and oxygen atoms in total. The van der Waals surface area contributed by atoms with Crippen LogP contribution in [-0.2, 0) is 19.8 Å².